The molecule has 0 fully saturated rings. The van der Waals surface area contributed by atoms with Crippen molar-refractivity contribution in [2.75, 3.05) is 13.2 Å². The van der Waals surface area contributed by atoms with Crippen LogP contribution in [0, 0.1) is 13.8 Å². The zero-order chi connectivity index (χ0) is 15.0. The van der Waals surface area contributed by atoms with Gasteiger partial charge in [-0.05, 0) is 38.1 Å². The first-order valence-corrected chi connectivity index (χ1v) is 6.73. The molecule has 0 atom stereocenters. The second kappa shape index (κ2) is 5.09. The van der Waals surface area contributed by atoms with Crippen molar-refractivity contribution < 1.29 is 18.7 Å². The van der Waals surface area contributed by atoms with E-state index in [9.17, 15) is 9.59 Å². The number of aryl methyl sites for hydroxylation is 2. The number of carbonyl (C=O) groups excluding carboxylic acids is 2. The summed E-state index contributed by atoms with van der Waals surface area (Å²) < 4.78 is 10.9. The molecule has 2 aromatic rings. The molecule has 0 saturated heterocycles. The highest BCUT2D eigenvalue weighted by Gasteiger charge is 2.21. The van der Waals surface area contributed by atoms with Crippen LogP contribution in [0.15, 0.2) is 28.7 Å². The highest BCUT2D eigenvalue weighted by atomic mass is 16.5. The highest BCUT2D eigenvalue weighted by Crippen LogP contribution is 2.24. The number of rotatable bonds is 2. The van der Waals surface area contributed by atoms with E-state index in [2.05, 4.69) is 5.32 Å². The number of amides is 1. The van der Waals surface area contributed by atoms with Crippen molar-refractivity contribution in [3.63, 3.8) is 0 Å². The molecule has 0 saturated carbocycles. The summed E-state index contributed by atoms with van der Waals surface area (Å²) in [5.41, 5.74) is 1.34. The Labute approximate surface area is 121 Å². The maximum Gasteiger partial charge on any atom is 0.255 e. The number of hydrogen-bond donors (Lipinski definition) is 1. The summed E-state index contributed by atoms with van der Waals surface area (Å²) in [6.45, 7) is 4.42. The Morgan fingerprint density at radius 3 is 2.76 bits per heavy atom. The Hall–Kier alpha value is -2.56. The molecule has 0 unspecified atom stereocenters. The second-order valence-corrected chi connectivity index (χ2v) is 4.97. The average Bonchev–Trinajstić information content (AvgIpc) is 2.69. The minimum absolute atomic E-state index is 0.163. The molecule has 1 N–H and O–H groups in total. The summed E-state index contributed by atoms with van der Waals surface area (Å²) in [4.78, 5) is 24.5. The van der Waals surface area contributed by atoms with Crippen LogP contribution in [0.5, 0.6) is 5.75 Å². The predicted molar refractivity (Wildman–Crippen MR) is 75.9 cm³/mol. The van der Waals surface area contributed by atoms with Gasteiger partial charge in [0.05, 0.1) is 17.7 Å². The zero-order valence-electron chi connectivity index (χ0n) is 11.9. The summed E-state index contributed by atoms with van der Waals surface area (Å²) in [5.74, 6) is 1.38. The molecule has 5 nitrogen and oxygen atoms in total. The number of furan rings is 1. The smallest absolute Gasteiger partial charge is 0.255 e. The summed E-state index contributed by atoms with van der Waals surface area (Å²) in [7, 11) is 0. The van der Waals surface area contributed by atoms with Crippen LogP contribution in [-0.4, -0.2) is 24.8 Å². The van der Waals surface area contributed by atoms with Gasteiger partial charge >= 0.3 is 0 Å². The number of benzene rings is 1. The molecule has 0 bridgehead atoms. The zero-order valence-corrected chi connectivity index (χ0v) is 11.9. The molecule has 1 aromatic heterocycles. The van der Waals surface area contributed by atoms with Gasteiger partial charge in [-0.15, -0.1) is 0 Å². The van der Waals surface area contributed by atoms with E-state index in [0.717, 1.165) is 0 Å². The van der Waals surface area contributed by atoms with Gasteiger partial charge in [0.1, 0.15) is 23.9 Å². The first-order valence-electron chi connectivity index (χ1n) is 6.73. The van der Waals surface area contributed by atoms with E-state index in [1.165, 1.54) is 0 Å². The number of ether oxygens (including phenoxy) is 1. The molecule has 5 heteroatoms. The fraction of sp³-hybridized carbons (Fsp3) is 0.250. The highest BCUT2D eigenvalue weighted by molar-refractivity contribution is 6.11. The third kappa shape index (κ3) is 2.42. The Kier molecular flexibility index (Phi) is 3.25. The molecule has 1 amide bonds. The molecule has 21 heavy (non-hydrogen) atoms. The summed E-state index contributed by atoms with van der Waals surface area (Å²) in [6.07, 6.45) is 0. The van der Waals surface area contributed by atoms with E-state index in [4.69, 9.17) is 9.15 Å². The van der Waals surface area contributed by atoms with Crippen LogP contribution in [0.25, 0.3) is 0 Å². The first kappa shape index (κ1) is 13.4. The molecule has 3 rings (SSSR count). The summed E-state index contributed by atoms with van der Waals surface area (Å²) in [5, 5.41) is 2.73. The maximum atomic E-state index is 12.5. The van der Waals surface area contributed by atoms with Gasteiger partial charge in [-0.3, -0.25) is 9.59 Å². The molecule has 0 spiro atoms. The van der Waals surface area contributed by atoms with Gasteiger partial charge in [-0.25, -0.2) is 0 Å². The molecule has 1 aliphatic heterocycles. The standard InChI is InChI=1S/C16H15NO4/c1-9-7-12(10(2)21-9)15(18)11-3-4-14-13(8-11)16(19)17-5-6-20-14/h3-4,7-8H,5-6H2,1-2H3,(H,17,19). The van der Waals surface area contributed by atoms with Crippen molar-refractivity contribution >= 4 is 11.7 Å². The monoisotopic (exact) mass is 285 g/mol. The number of hydrogen-bond acceptors (Lipinski definition) is 4. The van der Waals surface area contributed by atoms with E-state index in [1.54, 1.807) is 38.1 Å². The van der Waals surface area contributed by atoms with Crippen LogP contribution in [0.1, 0.15) is 37.8 Å². The lowest BCUT2D eigenvalue weighted by molar-refractivity contribution is 0.0957. The van der Waals surface area contributed by atoms with Gasteiger partial charge < -0.3 is 14.5 Å². The van der Waals surface area contributed by atoms with Crippen molar-refractivity contribution in [3.05, 3.63) is 52.5 Å². The Bertz CT molecular complexity index is 730. The first-order chi connectivity index (χ1) is 10.1. The van der Waals surface area contributed by atoms with E-state index < -0.39 is 0 Å². The fourth-order valence-electron chi connectivity index (χ4n) is 2.41. The lowest BCUT2D eigenvalue weighted by Gasteiger charge is -2.07. The van der Waals surface area contributed by atoms with Crippen molar-refractivity contribution in [1.82, 2.24) is 5.32 Å². The van der Waals surface area contributed by atoms with Crippen molar-refractivity contribution in [3.8, 4) is 5.75 Å². The lowest BCUT2D eigenvalue weighted by Crippen LogP contribution is -2.24. The normalized spacial score (nSPS) is 13.9. The summed E-state index contributed by atoms with van der Waals surface area (Å²) in [6, 6.07) is 6.61. The molecular formula is C16H15NO4. The number of fused-ring (bicyclic) bond motifs is 1. The fourth-order valence-corrected chi connectivity index (χ4v) is 2.41. The SMILES string of the molecule is Cc1cc(C(=O)c2ccc3c(c2)C(=O)NCCO3)c(C)o1. The minimum Gasteiger partial charge on any atom is -0.491 e. The van der Waals surface area contributed by atoms with Crippen LogP contribution >= 0.6 is 0 Å². The predicted octanol–water partition coefficient (Wildman–Crippen LogP) is 2.25. The number of nitrogens with one attached hydrogen (secondary N) is 1. The molecule has 1 aliphatic rings. The van der Waals surface area contributed by atoms with Crippen LogP contribution in [-0.2, 0) is 0 Å². The van der Waals surface area contributed by atoms with Crippen LogP contribution in [0.4, 0.5) is 0 Å². The molecule has 1 aromatic carbocycles. The van der Waals surface area contributed by atoms with E-state index in [1.807, 2.05) is 0 Å². The lowest BCUT2D eigenvalue weighted by atomic mass is 10.0. The molecular weight excluding hydrogens is 270 g/mol. The largest absolute Gasteiger partial charge is 0.491 e. The minimum atomic E-state index is -0.225. The van der Waals surface area contributed by atoms with E-state index in [0.29, 0.717) is 47.1 Å². The average molecular weight is 285 g/mol. The Morgan fingerprint density at radius 1 is 1.24 bits per heavy atom. The molecule has 0 radical (unpaired) electrons. The van der Waals surface area contributed by atoms with Crippen LogP contribution < -0.4 is 10.1 Å². The second-order valence-electron chi connectivity index (χ2n) is 4.97. The molecule has 108 valence electrons. The van der Waals surface area contributed by atoms with E-state index >= 15 is 0 Å². The van der Waals surface area contributed by atoms with E-state index in [-0.39, 0.29) is 11.7 Å². The quantitative estimate of drug-likeness (QED) is 0.859. The van der Waals surface area contributed by atoms with Crippen molar-refractivity contribution in [2.45, 2.75) is 13.8 Å². The number of ketones is 1. The van der Waals surface area contributed by atoms with Gasteiger partial charge in [-0.2, -0.15) is 0 Å². The summed E-state index contributed by atoms with van der Waals surface area (Å²) >= 11 is 0. The van der Waals surface area contributed by atoms with Crippen LogP contribution in [0.2, 0.25) is 0 Å². The van der Waals surface area contributed by atoms with Gasteiger partial charge in [0.2, 0.25) is 0 Å². The third-order valence-corrected chi connectivity index (χ3v) is 3.42. The van der Waals surface area contributed by atoms with Gasteiger partial charge in [-0.1, -0.05) is 0 Å². The van der Waals surface area contributed by atoms with Crippen LogP contribution in [0.3, 0.4) is 0 Å². The topological polar surface area (TPSA) is 68.5 Å². The van der Waals surface area contributed by atoms with Gasteiger partial charge in [0, 0.05) is 5.56 Å². The Morgan fingerprint density at radius 2 is 2.05 bits per heavy atom. The van der Waals surface area contributed by atoms with Crippen molar-refractivity contribution in [2.24, 2.45) is 0 Å². The molecule has 0 aliphatic carbocycles. The van der Waals surface area contributed by atoms with Crippen molar-refractivity contribution in [1.29, 1.82) is 0 Å². The third-order valence-electron chi connectivity index (χ3n) is 3.42. The number of carbonyl (C=O) groups is 2. The maximum absolute atomic E-state index is 12.5. The van der Waals surface area contributed by atoms with Gasteiger partial charge in [0.25, 0.3) is 5.91 Å². The Balaban J connectivity index is 2.02. The van der Waals surface area contributed by atoms with Gasteiger partial charge in [0.15, 0.2) is 5.78 Å². The molecule has 2 heterocycles.